The van der Waals surface area contributed by atoms with Crippen molar-refractivity contribution in [2.75, 3.05) is 7.05 Å². The standard InChI is InChI=1S/C11H15N/c1-9(2)11-7-5-4-6-10(11)8-12-3/h4-9H,1-3H3. The van der Waals surface area contributed by atoms with E-state index in [-0.39, 0.29) is 0 Å². The summed E-state index contributed by atoms with van der Waals surface area (Å²) in [6.07, 6.45) is 1.91. The summed E-state index contributed by atoms with van der Waals surface area (Å²) in [6.45, 7) is 4.39. The molecule has 0 amide bonds. The maximum Gasteiger partial charge on any atom is 0.0284 e. The zero-order valence-electron chi connectivity index (χ0n) is 7.91. The van der Waals surface area contributed by atoms with Crippen LogP contribution in [0.15, 0.2) is 29.3 Å². The minimum absolute atomic E-state index is 0.569. The van der Waals surface area contributed by atoms with Gasteiger partial charge in [-0.05, 0) is 17.0 Å². The van der Waals surface area contributed by atoms with Gasteiger partial charge in [0.05, 0.1) is 0 Å². The van der Waals surface area contributed by atoms with E-state index in [2.05, 4.69) is 37.0 Å². The highest BCUT2D eigenvalue weighted by atomic mass is 14.6. The van der Waals surface area contributed by atoms with Crippen LogP contribution in [0, 0.1) is 0 Å². The monoisotopic (exact) mass is 161 g/mol. The lowest BCUT2D eigenvalue weighted by Crippen LogP contribution is -1.94. The second-order valence-electron chi connectivity index (χ2n) is 3.17. The summed E-state index contributed by atoms with van der Waals surface area (Å²) in [6, 6.07) is 8.37. The molecule has 0 spiro atoms. The van der Waals surface area contributed by atoms with Gasteiger partial charge in [0.25, 0.3) is 0 Å². The minimum Gasteiger partial charge on any atom is -0.296 e. The lowest BCUT2D eigenvalue weighted by molar-refractivity contribution is 0.865. The first-order valence-electron chi connectivity index (χ1n) is 4.26. The third kappa shape index (κ3) is 1.94. The lowest BCUT2D eigenvalue weighted by Gasteiger charge is -2.07. The molecule has 1 aromatic rings. The summed E-state index contributed by atoms with van der Waals surface area (Å²) in [5, 5.41) is 0. The molecule has 1 aromatic carbocycles. The second kappa shape index (κ2) is 4.05. The third-order valence-electron chi connectivity index (χ3n) is 1.89. The number of hydrogen-bond donors (Lipinski definition) is 0. The number of benzene rings is 1. The van der Waals surface area contributed by atoms with Crippen molar-refractivity contribution in [3.05, 3.63) is 35.4 Å². The van der Waals surface area contributed by atoms with Gasteiger partial charge in [-0.2, -0.15) is 0 Å². The Balaban J connectivity index is 3.08. The molecule has 1 nitrogen and oxygen atoms in total. The Morgan fingerprint density at radius 2 is 1.92 bits per heavy atom. The summed E-state index contributed by atoms with van der Waals surface area (Å²) >= 11 is 0. The molecule has 0 N–H and O–H groups in total. The van der Waals surface area contributed by atoms with Crippen LogP contribution in [0.25, 0.3) is 0 Å². The van der Waals surface area contributed by atoms with Crippen LogP contribution < -0.4 is 0 Å². The van der Waals surface area contributed by atoms with Crippen molar-refractivity contribution in [3.63, 3.8) is 0 Å². The molecule has 0 heterocycles. The van der Waals surface area contributed by atoms with Gasteiger partial charge in [0, 0.05) is 13.3 Å². The molecule has 0 fully saturated rings. The fourth-order valence-corrected chi connectivity index (χ4v) is 1.29. The van der Waals surface area contributed by atoms with E-state index in [1.165, 1.54) is 11.1 Å². The molecule has 0 saturated heterocycles. The number of aliphatic imine (C=N–C) groups is 1. The summed E-state index contributed by atoms with van der Waals surface area (Å²) in [5.74, 6) is 0.569. The van der Waals surface area contributed by atoms with Gasteiger partial charge in [0.2, 0.25) is 0 Å². The zero-order chi connectivity index (χ0) is 8.97. The van der Waals surface area contributed by atoms with E-state index in [1.54, 1.807) is 7.05 Å². The number of hydrogen-bond acceptors (Lipinski definition) is 1. The molecule has 0 aliphatic heterocycles. The lowest BCUT2D eigenvalue weighted by atomic mass is 9.98. The van der Waals surface area contributed by atoms with Gasteiger partial charge in [-0.1, -0.05) is 38.1 Å². The Labute approximate surface area is 74.2 Å². The molecule has 0 atom stereocenters. The van der Waals surface area contributed by atoms with Crippen LogP contribution in [0.1, 0.15) is 30.9 Å². The fourth-order valence-electron chi connectivity index (χ4n) is 1.29. The van der Waals surface area contributed by atoms with Crippen molar-refractivity contribution in [3.8, 4) is 0 Å². The van der Waals surface area contributed by atoms with Crippen molar-refractivity contribution in [1.29, 1.82) is 0 Å². The van der Waals surface area contributed by atoms with E-state index in [0.29, 0.717) is 5.92 Å². The predicted octanol–water partition coefficient (Wildman–Crippen LogP) is 2.86. The minimum atomic E-state index is 0.569. The summed E-state index contributed by atoms with van der Waals surface area (Å²) in [4.78, 5) is 4.02. The molecule has 1 heteroatoms. The molecule has 1 rings (SSSR count). The van der Waals surface area contributed by atoms with Crippen molar-refractivity contribution in [2.45, 2.75) is 19.8 Å². The van der Waals surface area contributed by atoms with E-state index in [1.807, 2.05) is 12.3 Å². The van der Waals surface area contributed by atoms with Gasteiger partial charge in [-0.3, -0.25) is 4.99 Å². The van der Waals surface area contributed by atoms with Crippen molar-refractivity contribution in [2.24, 2.45) is 4.99 Å². The summed E-state index contributed by atoms with van der Waals surface area (Å²) in [7, 11) is 1.80. The van der Waals surface area contributed by atoms with Gasteiger partial charge in [-0.15, -0.1) is 0 Å². The Morgan fingerprint density at radius 3 is 2.50 bits per heavy atom. The Bertz CT molecular complexity index is 274. The van der Waals surface area contributed by atoms with Crippen LogP contribution in [-0.2, 0) is 0 Å². The molecule has 0 radical (unpaired) electrons. The molecule has 0 aliphatic carbocycles. The molecular weight excluding hydrogens is 146 g/mol. The Morgan fingerprint density at radius 1 is 1.25 bits per heavy atom. The molecule has 0 aromatic heterocycles. The molecule has 64 valence electrons. The topological polar surface area (TPSA) is 12.4 Å². The van der Waals surface area contributed by atoms with E-state index < -0.39 is 0 Å². The molecular formula is C11H15N. The molecule has 12 heavy (non-hydrogen) atoms. The first-order chi connectivity index (χ1) is 5.75. The smallest absolute Gasteiger partial charge is 0.0284 e. The molecule has 0 aliphatic rings. The van der Waals surface area contributed by atoms with Gasteiger partial charge >= 0.3 is 0 Å². The van der Waals surface area contributed by atoms with Gasteiger partial charge in [-0.25, -0.2) is 0 Å². The average molecular weight is 161 g/mol. The number of nitrogens with zero attached hydrogens (tertiary/aromatic N) is 1. The van der Waals surface area contributed by atoms with Crippen molar-refractivity contribution < 1.29 is 0 Å². The van der Waals surface area contributed by atoms with Crippen molar-refractivity contribution in [1.82, 2.24) is 0 Å². The van der Waals surface area contributed by atoms with E-state index in [0.717, 1.165) is 0 Å². The van der Waals surface area contributed by atoms with Crippen LogP contribution >= 0.6 is 0 Å². The van der Waals surface area contributed by atoms with Crippen LogP contribution in [0.4, 0.5) is 0 Å². The van der Waals surface area contributed by atoms with E-state index >= 15 is 0 Å². The van der Waals surface area contributed by atoms with Gasteiger partial charge in [0.1, 0.15) is 0 Å². The maximum atomic E-state index is 4.02. The Hall–Kier alpha value is -1.11. The van der Waals surface area contributed by atoms with Crippen LogP contribution in [0.2, 0.25) is 0 Å². The quantitative estimate of drug-likeness (QED) is 0.591. The first-order valence-corrected chi connectivity index (χ1v) is 4.26. The maximum absolute atomic E-state index is 4.02. The molecule has 0 unspecified atom stereocenters. The summed E-state index contributed by atoms with van der Waals surface area (Å²) < 4.78 is 0. The van der Waals surface area contributed by atoms with Crippen LogP contribution in [0.5, 0.6) is 0 Å². The Kier molecular flexibility index (Phi) is 3.03. The predicted molar refractivity (Wildman–Crippen MR) is 54.0 cm³/mol. The highest BCUT2D eigenvalue weighted by Crippen LogP contribution is 2.17. The number of rotatable bonds is 2. The highest BCUT2D eigenvalue weighted by Gasteiger charge is 2.02. The fraction of sp³-hybridized carbons (Fsp3) is 0.364. The zero-order valence-corrected chi connectivity index (χ0v) is 7.91. The van der Waals surface area contributed by atoms with Gasteiger partial charge in [0.15, 0.2) is 0 Å². The largest absolute Gasteiger partial charge is 0.296 e. The molecule has 0 saturated carbocycles. The van der Waals surface area contributed by atoms with Gasteiger partial charge < -0.3 is 0 Å². The first kappa shape index (κ1) is 8.98. The SMILES string of the molecule is CN=Cc1ccccc1C(C)C. The average Bonchev–Trinajstić information content (AvgIpc) is 2.05. The normalized spacial score (nSPS) is 11.3. The van der Waals surface area contributed by atoms with Crippen molar-refractivity contribution >= 4 is 6.21 Å². The third-order valence-corrected chi connectivity index (χ3v) is 1.89. The molecule has 0 bridgehead atoms. The highest BCUT2D eigenvalue weighted by molar-refractivity contribution is 5.81. The van der Waals surface area contributed by atoms with E-state index in [9.17, 15) is 0 Å². The summed E-state index contributed by atoms with van der Waals surface area (Å²) in [5.41, 5.74) is 2.60. The second-order valence-corrected chi connectivity index (χ2v) is 3.17. The van der Waals surface area contributed by atoms with Crippen LogP contribution in [-0.4, -0.2) is 13.3 Å². The van der Waals surface area contributed by atoms with Crippen LogP contribution in [0.3, 0.4) is 0 Å². The van der Waals surface area contributed by atoms with E-state index in [4.69, 9.17) is 0 Å².